The van der Waals surface area contributed by atoms with Crippen molar-refractivity contribution in [1.29, 1.82) is 0 Å². The molecule has 1 atom stereocenters. The minimum Gasteiger partial charge on any atom is -0.459 e. The number of furan rings is 1. The number of aryl methyl sites for hydroxylation is 1. The highest BCUT2D eigenvalue weighted by atomic mass is 16.5. The van der Waals surface area contributed by atoms with Gasteiger partial charge in [0.2, 0.25) is 11.7 Å². The molecule has 28 heavy (non-hydrogen) atoms. The summed E-state index contributed by atoms with van der Waals surface area (Å²) in [6, 6.07) is 20.5. The number of benzene rings is 2. The molecule has 0 bridgehead atoms. The second kappa shape index (κ2) is 7.92. The molecule has 1 amide bonds. The molecule has 0 aliphatic rings. The highest BCUT2D eigenvalue weighted by molar-refractivity contribution is 5.91. The van der Waals surface area contributed by atoms with E-state index < -0.39 is 6.04 Å². The van der Waals surface area contributed by atoms with E-state index in [0.29, 0.717) is 18.1 Å². The van der Waals surface area contributed by atoms with Crippen molar-refractivity contribution in [1.82, 2.24) is 15.5 Å². The van der Waals surface area contributed by atoms with Crippen molar-refractivity contribution >= 4 is 5.91 Å². The first-order chi connectivity index (χ1) is 13.7. The maximum absolute atomic E-state index is 12.5. The zero-order valence-electron chi connectivity index (χ0n) is 15.3. The Kier molecular flexibility index (Phi) is 5.01. The van der Waals surface area contributed by atoms with Crippen molar-refractivity contribution in [3.05, 3.63) is 95.8 Å². The zero-order chi connectivity index (χ0) is 19.3. The number of aromatic nitrogens is 2. The van der Waals surface area contributed by atoms with Crippen LogP contribution in [0.15, 0.2) is 81.9 Å². The van der Waals surface area contributed by atoms with Crippen molar-refractivity contribution in [2.75, 3.05) is 0 Å². The number of hydrogen-bond donors (Lipinski definition) is 1. The maximum Gasteiger partial charge on any atom is 0.287 e. The van der Waals surface area contributed by atoms with Crippen LogP contribution in [0.5, 0.6) is 0 Å². The Bertz CT molecular complexity index is 1060. The van der Waals surface area contributed by atoms with Gasteiger partial charge in [-0.25, -0.2) is 0 Å². The summed E-state index contributed by atoms with van der Waals surface area (Å²) in [4.78, 5) is 17.0. The molecule has 2 aromatic carbocycles. The van der Waals surface area contributed by atoms with Gasteiger partial charge in [0.05, 0.1) is 6.26 Å². The third-order valence-corrected chi connectivity index (χ3v) is 4.35. The van der Waals surface area contributed by atoms with Gasteiger partial charge in [-0.05, 0) is 30.7 Å². The highest BCUT2D eigenvalue weighted by Crippen LogP contribution is 2.22. The number of nitrogens with one attached hydrogen (secondary N) is 1. The van der Waals surface area contributed by atoms with Crippen molar-refractivity contribution in [2.45, 2.75) is 19.4 Å². The Labute approximate surface area is 162 Å². The van der Waals surface area contributed by atoms with Crippen LogP contribution < -0.4 is 5.32 Å². The second-order valence-electron chi connectivity index (χ2n) is 6.52. The molecule has 1 unspecified atom stereocenters. The smallest absolute Gasteiger partial charge is 0.287 e. The number of rotatable bonds is 6. The predicted octanol–water partition coefficient (Wildman–Crippen LogP) is 4.35. The number of nitrogens with zero attached hydrogens (tertiary/aromatic N) is 2. The molecule has 0 aliphatic carbocycles. The lowest BCUT2D eigenvalue weighted by atomic mass is 10.1. The summed E-state index contributed by atoms with van der Waals surface area (Å²) >= 11 is 0. The van der Waals surface area contributed by atoms with E-state index in [2.05, 4.69) is 15.5 Å². The molecule has 0 saturated carbocycles. The molecule has 4 aromatic rings. The van der Waals surface area contributed by atoms with Crippen LogP contribution in [-0.4, -0.2) is 16.0 Å². The first kappa shape index (κ1) is 17.7. The number of hydrogen-bond acceptors (Lipinski definition) is 5. The van der Waals surface area contributed by atoms with Crippen LogP contribution in [0.2, 0.25) is 0 Å². The van der Waals surface area contributed by atoms with Gasteiger partial charge in [-0.1, -0.05) is 59.3 Å². The molecule has 4 rings (SSSR count). The fourth-order valence-electron chi connectivity index (χ4n) is 2.97. The SMILES string of the molecule is Cc1cccc(-c2noc(C(Cc3ccccc3)NC(=O)c3ccco3)n2)c1. The molecule has 6 heteroatoms. The lowest BCUT2D eigenvalue weighted by Gasteiger charge is -2.14. The van der Waals surface area contributed by atoms with Crippen LogP contribution in [0.3, 0.4) is 0 Å². The lowest BCUT2D eigenvalue weighted by Crippen LogP contribution is -2.30. The average Bonchev–Trinajstić information content (AvgIpc) is 3.41. The molecule has 1 N–H and O–H groups in total. The predicted molar refractivity (Wildman–Crippen MR) is 104 cm³/mol. The largest absolute Gasteiger partial charge is 0.459 e. The van der Waals surface area contributed by atoms with E-state index in [9.17, 15) is 4.79 Å². The minimum atomic E-state index is -0.481. The van der Waals surface area contributed by atoms with E-state index in [4.69, 9.17) is 8.94 Å². The minimum absolute atomic E-state index is 0.233. The van der Waals surface area contributed by atoms with Crippen LogP contribution >= 0.6 is 0 Å². The first-order valence-corrected chi connectivity index (χ1v) is 8.98. The van der Waals surface area contributed by atoms with Gasteiger partial charge in [-0.3, -0.25) is 4.79 Å². The number of amides is 1. The van der Waals surface area contributed by atoms with E-state index in [1.165, 1.54) is 6.26 Å². The molecule has 6 nitrogen and oxygen atoms in total. The van der Waals surface area contributed by atoms with Crippen LogP contribution in [0.25, 0.3) is 11.4 Å². The molecule has 0 spiro atoms. The summed E-state index contributed by atoms with van der Waals surface area (Å²) < 4.78 is 10.7. The normalized spacial score (nSPS) is 11.9. The quantitative estimate of drug-likeness (QED) is 0.543. The van der Waals surface area contributed by atoms with E-state index >= 15 is 0 Å². The Morgan fingerprint density at radius 1 is 1.07 bits per heavy atom. The van der Waals surface area contributed by atoms with Crippen molar-refractivity contribution in [3.63, 3.8) is 0 Å². The van der Waals surface area contributed by atoms with Gasteiger partial charge >= 0.3 is 0 Å². The fourth-order valence-corrected chi connectivity index (χ4v) is 2.97. The molecule has 0 radical (unpaired) electrons. The monoisotopic (exact) mass is 373 g/mol. The summed E-state index contributed by atoms with van der Waals surface area (Å²) in [5, 5.41) is 7.03. The van der Waals surface area contributed by atoms with E-state index in [0.717, 1.165) is 16.7 Å². The molecule has 0 aliphatic heterocycles. The molecule has 2 aromatic heterocycles. The Morgan fingerprint density at radius 3 is 2.68 bits per heavy atom. The van der Waals surface area contributed by atoms with Crippen molar-refractivity contribution in [2.24, 2.45) is 0 Å². The average molecular weight is 373 g/mol. The Morgan fingerprint density at radius 2 is 1.93 bits per heavy atom. The molecular weight excluding hydrogens is 354 g/mol. The summed E-state index contributed by atoms with van der Waals surface area (Å²) in [5.74, 6) is 0.738. The summed E-state index contributed by atoms with van der Waals surface area (Å²) in [6.07, 6.45) is 1.98. The third kappa shape index (κ3) is 4.01. The number of carbonyl (C=O) groups is 1. The second-order valence-corrected chi connectivity index (χ2v) is 6.52. The van der Waals surface area contributed by atoms with Crippen LogP contribution in [0, 0.1) is 6.92 Å². The Hall–Kier alpha value is -3.67. The molecule has 2 heterocycles. The molecule has 0 saturated heterocycles. The van der Waals surface area contributed by atoms with Gasteiger partial charge in [-0.15, -0.1) is 0 Å². The van der Waals surface area contributed by atoms with Gasteiger partial charge in [-0.2, -0.15) is 4.98 Å². The summed E-state index contributed by atoms with van der Waals surface area (Å²) in [5.41, 5.74) is 3.02. The van der Waals surface area contributed by atoms with E-state index in [1.807, 2.05) is 61.5 Å². The van der Waals surface area contributed by atoms with E-state index in [-0.39, 0.29) is 11.7 Å². The molecule has 0 fully saturated rings. The topological polar surface area (TPSA) is 81.2 Å². The fraction of sp³-hybridized carbons (Fsp3) is 0.136. The third-order valence-electron chi connectivity index (χ3n) is 4.35. The zero-order valence-corrected chi connectivity index (χ0v) is 15.3. The van der Waals surface area contributed by atoms with Crippen LogP contribution in [0.1, 0.15) is 33.6 Å². The first-order valence-electron chi connectivity index (χ1n) is 8.98. The van der Waals surface area contributed by atoms with Gasteiger partial charge in [0.1, 0.15) is 6.04 Å². The molecule has 140 valence electrons. The van der Waals surface area contributed by atoms with Gasteiger partial charge < -0.3 is 14.3 Å². The van der Waals surface area contributed by atoms with Crippen LogP contribution in [-0.2, 0) is 6.42 Å². The number of carbonyl (C=O) groups excluding carboxylic acids is 1. The van der Waals surface area contributed by atoms with Gasteiger partial charge in [0.15, 0.2) is 5.76 Å². The lowest BCUT2D eigenvalue weighted by molar-refractivity contribution is 0.0900. The molecular formula is C22H19N3O3. The van der Waals surface area contributed by atoms with Gasteiger partial charge in [0.25, 0.3) is 5.91 Å². The van der Waals surface area contributed by atoms with Crippen molar-refractivity contribution < 1.29 is 13.7 Å². The van der Waals surface area contributed by atoms with E-state index in [1.54, 1.807) is 12.1 Å². The van der Waals surface area contributed by atoms with Gasteiger partial charge in [0, 0.05) is 12.0 Å². The van der Waals surface area contributed by atoms with Crippen molar-refractivity contribution in [3.8, 4) is 11.4 Å². The summed E-state index contributed by atoms with van der Waals surface area (Å²) in [7, 11) is 0. The standard InChI is InChI=1S/C22H19N3O3/c1-15-7-5-10-17(13-15)20-24-22(28-25-20)18(14-16-8-3-2-4-9-16)23-21(26)19-11-6-12-27-19/h2-13,18H,14H2,1H3,(H,23,26). The summed E-state index contributed by atoms with van der Waals surface area (Å²) in [6.45, 7) is 2.01. The Balaban J connectivity index is 1.62. The highest BCUT2D eigenvalue weighted by Gasteiger charge is 2.24. The maximum atomic E-state index is 12.5. The van der Waals surface area contributed by atoms with Crippen LogP contribution in [0.4, 0.5) is 0 Å².